The number of benzene rings is 2. The average Bonchev–Trinajstić information content (AvgIpc) is 2.75. The molecule has 2 aromatic carbocycles. The summed E-state index contributed by atoms with van der Waals surface area (Å²) in [7, 11) is 0. The standard InChI is InChI=1S/C24H25ClN2O2S/c1-15-2-4-17(5-3-15)14-26-23(28)18-8-11-21-20(13-18)27-24(29)22(30-21)12-16-6-9-19(25)10-7-16/h2-7,9-10,12,18,20-21H,8,11,13-14H2,1H3,(H,26,28)(H,27,29)/b22-12+. The van der Waals surface area contributed by atoms with Crippen molar-refractivity contribution in [2.75, 3.05) is 0 Å². The SMILES string of the molecule is Cc1ccc(CNC(=O)C2CCC3S/C(=C/c4ccc(Cl)cc4)C(=O)NC3C2)cc1. The molecule has 4 rings (SSSR count). The van der Waals surface area contributed by atoms with Gasteiger partial charge in [-0.3, -0.25) is 9.59 Å². The van der Waals surface area contributed by atoms with E-state index in [2.05, 4.69) is 22.8 Å². The van der Waals surface area contributed by atoms with E-state index in [0.717, 1.165) is 28.9 Å². The molecule has 2 N–H and O–H groups in total. The van der Waals surface area contributed by atoms with E-state index in [1.54, 1.807) is 11.8 Å². The van der Waals surface area contributed by atoms with E-state index >= 15 is 0 Å². The third kappa shape index (κ3) is 5.08. The first-order valence-electron chi connectivity index (χ1n) is 10.3. The number of hydrogen-bond donors (Lipinski definition) is 2. The maximum Gasteiger partial charge on any atom is 0.257 e. The molecule has 1 aliphatic carbocycles. The van der Waals surface area contributed by atoms with Crippen molar-refractivity contribution >= 4 is 41.3 Å². The lowest BCUT2D eigenvalue weighted by atomic mass is 9.84. The van der Waals surface area contributed by atoms with Gasteiger partial charge in [0.05, 0.1) is 4.91 Å². The molecule has 3 unspecified atom stereocenters. The summed E-state index contributed by atoms with van der Waals surface area (Å²) in [5.41, 5.74) is 3.26. The number of carbonyl (C=O) groups excluding carboxylic acids is 2. The van der Waals surface area contributed by atoms with E-state index < -0.39 is 0 Å². The van der Waals surface area contributed by atoms with Gasteiger partial charge in [0, 0.05) is 28.8 Å². The van der Waals surface area contributed by atoms with Gasteiger partial charge in [0.15, 0.2) is 0 Å². The summed E-state index contributed by atoms with van der Waals surface area (Å²) in [6.07, 6.45) is 4.36. The molecule has 30 heavy (non-hydrogen) atoms. The smallest absolute Gasteiger partial charge is 0.257 e. The number of nitrogens with one attached hydrogen (secondary N) is 2. The van der Waals surface area contributed by atoms with Gasteiger partial charge in [-0.05, 0) is 55.5 Å². The van der Waals surface area contributed by atoms with E-state index in [-0.39, 0.29) is 23.8 Å². The molecule has 6 heteroatoms. The van der Waals surface area contributed by atoms with Crippen LogP contribution in [0.3, 0.4) is 0 Å². The fourth-order valence-electron chi connectivity index (χ4n) is 3.98. The van der Waals surface area contributed by atoms with Crippen LogP contribution in [-0.4, -0.2) is 23.1 Å². The minimum absolute atomic E-state index is 0.0359. The molecule has 1 saturated heterocycles. The molecule has 2 amide bonds. The molecule has 0 radical (unpaired) electrons. The summed E-state index contributed by atoms with van der Waals surface area (Å²) in [4.78, 5) is 26.0. The van der Waals surface area contributed by atoms with E-state index in [4.69, 9.17) is 11.6 Å². The third-order valence-corrected chi connectivity index (χ3v) is 7.41. The summed E-state index contributed by atoms with van der Waals surface area (Å²) in [5, 5.41) is 7.18. The molecule has 4 nitrogen and oxygen atoms in total. The van der Waals surface area contributed by atoms with E-state index in [0.29, 0.717) is 23.2 Å². The summed E-state index contributed by atoms with van der Waals surface area (Å²) in [6, 6.07) is 15.7. The Balaban J connectivity index is 1.34. The third-order valence-electron chi connectivity index (χ3n) is 5.73. The number of carbonyl (C=O) groups is 2. The Bertz CT molecular complexity index is 956. The lowest BCUT2D eigenvalue weighted by Crippen LogP contribution is -2.51. The number of amides is 2. The van der Waals surface area contributed by atoms with E-state index in [1.165, 1.54) is 5.56 Å². The Labute approximate surface area is 186 Å². The molecule has 0 spiro atoms. The normalized spacial score (nSPS) is 24.8. The zero-order valence-corrected chi connectivity index (χ0v) is 18.4. The monoisotopic (exact) mass is 440 g/mol. The lowest BCUT2D eigenvalue weighted by molar-refractivity contribution is -0.127. The number of aryl methyl sites for hydroxylation is 1. The van der Waals surface area contributed by atoms with Gasteiger partial charge in [-0.25, -0.2) is 0 Å². The van der Waals surface area contributed by atoms with Crippen LogP contribution in [0.2, 0.25) is 5.02 Å². The van der Waals surface area contributed by atoms with Crippen LogP contribution in [0.25, 0.3) is 6.08 Å². The Morgan fingerprint density at radius 3 is 2.63 bits per heavy atom. The molecule has 3 atom stereocenters. The molecule has 1 aliphatic heterocycles. The van der Waals surface area contributed by atoms with Crippen LogP contribution in [0, 0.1) is 12.8 Å². The minimum atomic E-state index is -0.0584. The summed E-state index contributed by atoms with van der Waals surface area (Å²) in [5.74, 6) is -0.0351. The van der Waals surface area contributed by atoms with Crippen molar-refractivity contribution in [1.82, 2.24) is 10.6 Å². The van der Waals surface area contributed by atoms with Gasteiger partial charge in [0.1, 0.15) is 0 Å². The molecular weight excluding hydrogens is 416 g/mol. The Morgan fingerprint density at radius 1 is 1.17 bits per heavy atom. The van der Waals surface area contributed by atoms with Gasteiger partial charge in [-0.1, -0.05) is 53.6 Å². The number of rotatable bonds is 4. The highest BCUT2D eigenvalue weighted by molar-refractivity contribution is 8.04. The van der Waals surface area contributed by atoms with Gasteiger partial charge in [-0.15, -0.1) is 11.8 Å². The van der Waals surface area contributed by atoms with Gasteiger partial charge >= 0.3 is 0 Å². The fourth-order valence-corrected chi connectivity index (χ4v) is 5.40. The highest BCUT2D eigenvalue weighted by atomic mass is 35.5. The molecule has 2 fully saturated rings. The Hall–Kier alpha value is -2.24. The van der Waals surface area contributed by atoms with Crippen molar-refractivity contribution in [1.29, 1.82) is 0 Å². The van der Waals surface area contributed by atoms with Crippen molar-refractivity contribution in [3.05, 3.63) is 75.1 Å². The second kappa shape index (κ2) is 9.27. The van der Waals surface area contributed by atoms with Crippen molar-refractivity contribution in [2.45, 2.75) is 44.0 Å². The molecule has 2 aromatic rings. The second-order valence-corrected chi connectivity index (χ2v) is 9.73. The van der Waals surface area contributed by atoms with Crippen molar-refractivity contribution in [3.8, 4) is 0 Å². The summed E-state index contributed by atoms with van der Waals surface area (Å²) >= 11 is 7.57. The molecular formula is C24H25ClN2O2S. The quantitative estimate of drug-likeness (QED) is 0.677. The molecule has 0 aromatic heterocycles. The van der Waals surface area contributed by atoms with Crippen LogP contribution in [0.4, 0.5) is 0 Å². The first-order chi connectivity index (χ1) is 14.5. The van der Waals surface area contributed by atoms with Crippen LogP contribution >= 0.6 is 23.4 Å². The number of hydrogen-bond acceptors (Lipinski definition) is 3. The molecule has 1 saturated carbocycles. The Morgan fingerprint density at radius 2 is 1.90 bits per heavy atom. The highest BCUT2D eigenvalue weighted by Crippen LogP contribution is 2.40. The second-order valence-electron chi connectivity index (χ2n) is 8.01. The van der Waals surface area contributed by atoms with Crippen molar-refractivity contribution in [3.63, 3.8) is 0 Å². The van der Waals surface area contributed by atoms with Gasteiger partial charge in [0.25, 0.3) is 5.91 Å². The molecule has 1 heterocycles. The molecule has 156 valence electrons. The van der Waals surface area contributed by atoms with Crippen LogP contribution < -0.4 is 10.6 Å². The maximum absolute atomic E-state index is 12.7. The van der Waals surface area contributed by atoms with Crippen LogP contribution in [0.1, 0.15) is 36.0 Å². The first-order valence-corrected chi connectivity index (χ1v) is 11.5. The lowest BCUT2D eigenvalue weighted by Gasteiger charge is -2.39. The topological polar surface area (TPSA) is 58.2 Å². The van der Waals surface area contributed by atoms with Gasteiger partial charge in [-0.2, -0.15) is 0 Å². The molecule has 0 bridgehead atoms. The summed E-state index contributed by atoms with van der Waals surface area (Å²) < 4.78 is 0. The number of halogens is 1. The zero-order chi connectivity index (χ0) is 21.1. The average molecular weight is 441 g/mol. The largest absolute Gasteiger partial charge is 0.352 e. The predicted molar refractivity (Wildman–Crippen MR) is 123 cm³/mol. The van der Waals surface area contributed by atoms with Gasteiger partial charge < -0.3 is 10.6 Å². The number of thioether (sulfide) groups is 1. The van der Waals surface area contributed by atoms with Crippen molar-refractivity contribution in [2.24, 2.45) is 5.92 Å². The van der Waals surface area contributed by atoms with Crippen LogP contribution in [0.5, 0.6) is 0 Å². The predicted octanol–water partition coefficient (Wildman–Crippen LogP) is 4.71. The van der Waals surface area contributed by atoms with Crippen LogP contribution in [0.15, 0.2) is 53.4 Å². The minimum Gasteiger partial charge on any atom is -0.352 e. The van der Waals surface area contributed by atoms with Crippen LogP contribution in [-0.2, 0) is 16.1 Å². The van der Waals surface area contributed by atoms with Gasteiger partial charge in [0.2, 0.25) is 5.91 Å². The zero-order valence-electron chi connectivity index (χ0n) is 16.9. The van der Waals surface area contributed by atoms with E-state index in [1.807, 2.05) is 49.4 Å². The number of fused-ring (bicyclic) bond motifs is 1. The first kappa shape index (κ1) is 21.0. The Kier molecular flexibility index (Phi) is 6.49. The van der Waals surface area contributed by atoms with Crippen molar-refractivity contribution < 1.29 is 9.59 Å². The fraction of sp³-hybridized carbons (Fsp3) is 0.333. The maximum atomic E-state index is 12.7. The highest BCUT2D eigenvalue weighted by Gasteiger charge is 2.39. The molecule has 2 aliphatic rings. The summed E-state index contributed by atoms with van der Waals surface area (Å²) in [6.45, 7) is 2.59. The van der Waals surface area contributed by atoms with E-state index in [9.17, 15) is 9.59 Å².